The molecule has 7 heteroatoms. The standard InChI is InChI=1S/C19H18Cl2N2O3/c1-3-12-9-14(11-25-26-17(24)4-2)23(10-12)16-8-6-13-5-7-15(20)18(21)19(13)22-16/h1,5-8,12,14H,4,9-11H2,2H3. The molecule has 2 aromatic rings. The highest BCUT2D eigenvalue weighted by Crippen LogP contribution is 2.33. The molecule has 2 heterocycles. The minimum absolute atomic E-state index is 0.0522. The fraction of sp³-hybridized carbons (Fsp3) is 0.368. The lowest BCUT2D eigenvalue weighted by Gasteiger charge is -2.25. The first-order chi connectivity index (χ1) is 12.5. The number of aromatic nitrogens is 1. The Balaban J connectivity index is 1.84. The van der Waals surface area contributed by atoms with Crippen LogP contribution in [0.25, 0.3) is 10.9 Å². The van der Waals surface area contributed by atoms with Gasteiger partial charge in [-0.25, -0.2) is 9.78 Å². The van der Waals surface area contributed by atoms with Crippen molar-refractivity contribution in [3.63, 3.8) is 0 Å². The third-order valence-corrected chi connectivity index (χ3v) is 5.18. The number of anilines is 1. The van der Waals surface area contributed by atoms with Crippen molar-refractivity contribution in [1.29, 1.82) is 0 Å². The largest absolute Gasteiger partial charge is 0.350 e. The van der Waals surface area contributed by atoms with E-state index in [0.717, 1.165) is 17.6 Å². The van der Waals surface area contributed by atoms with Crippen LogP contribution in [0.3, 0.4) is 0 Å². The molecule has 136 valence electrons. The summed E-state index contributed by atoms with van der Waals surface area (Å²) in [5.74, 6) is 3.17. The molecule has 1 aromatic heterocycles. The van der Waals surface area contributed by atoms with Crippen LogP contribution in [0.4, 0.5) is 5.82 Å². The molecule has 1 fully saturated rings. The summed E-state index contributed by atoms with van der Waals surface area (Å²) in [6.07, 6.45) is 6.59. The molecule has 0 bridgehead atoms. The first-order valence-corrected chi connectivity index (χ1v) is 9.09. The maximum atomic E-state index is 11.2. The van der Waals surface area contributed by atoms with Crippen LogP contribution in [0.5, 0.6) is 0 Å². The van der Waals surface area contributed by atoms with Gasteiger partial charge in [0, 0.05) is 24.3 Å². The second kappa shape index (κ2) is 8.13. The Hall–Kier alpha value is -2.00. The topological polar surface area (TPSA) is 51.7 Å². The molecule has 1 saturated heterocycles. The number of hydrogen-bond donors (Lipinski definition) is 0. The third kappa shape index (κ3) is 3.88. The van der Waals surface area contributed by atoms with E-state index in [2.05, 4.69) is 15.8 Å². The molecule has 0 N–H and O–H groups in total. The van der Waals surface area contributed by atoms with Gasteiger partial charge in [-0.1, -0.05) is 36.2 Å². The molecule has 0 spiro atoms. The average Bonchev–Trinajstić information content (AvgIpc) is 3.07. The number of carbonyl (C=O) groups excluding carboxylic acids is 1. The molecule has 3 rings (SSSR count). The van der Waals surface area contributed by atoms with Crippen LogP contribution in [0.1, 0.15) is 19.8 Å². The quantitative estimate of drug-likeness (QED) is 0.432. The molecular weight excluding hydrogens is 375 g/mol. The van der Waals surface area contributed by atoms with Gasteiger partial charge in [0.15, 0.2) is 0 Å². The highest BCUT2D eigenvalue weighted by Gasteiger charge is 2.33. The van der Waals surface area contributed by atoms with E-state index < -0.39 is 5.97 Å². The Kier molecular flexibility index (Phi) is 5.87. The first kappa shape index (κ1) is 18.8. The van der Waals surface area contributed by atoms with Crippen LogP contribution in [-0.4, -0.2) is 30.1 Å². The van der Waals surface area contributed by atoms with Crippen molar-refractivity contribution in [2.24, 2.45) is 5.92 Å². The van der Waals surface area contributed by atoms with Crippen LogP contribution < -0.4 is 4.90 Å². The number of carbonyl (C=O) groups is 1. The molecule has 1 aliphatic rings. The van der Waals surface area contributed by atoms with Gasteiger partial charge in [0.05, 0.1) is 21.6 Å². The molecule has 2 atom stereocenters. The number of halogens is 2. The predicted molar refractivity (Wildman–Crippen MR) is 102 cm³/mol. The Morgan fingerprint density at radius 2 is 2.15 bits per heavy atom. The van der Waals surface area contributed by atoms with Gasteiger partial charge in [-0.05, 0) is 24.6 Å². The zero-order chi connectivity index (χ0) is 18.7. The van der Waals surface area contributed by atoms with Gasteiger partial charge < -0.3 is 4.90 Å². The Morgan fingerprint density at radius 1 is 1.38 bits per heavy atom. The fourth-order valence-electron chi connectivity index (χ4n) is 2.99. The first-order valence-electron chi connectivity index (χ1n) is 8.33. The molecular formula is C19H18Cl2N2O3. The monoisotopic (exact) mass is 392 g/mol. The van der Waals surface area contributed by atoms with E-state index in [4.69, 9.17) is 39.4 Å². The lowest BCUT2D eigenvalue weighted by atomic mass is 10.1. The van der Waals surface area contributed by atoms with Gasteiger partial charge >= 0.3 is 5.97 Å². The zero-order valence-corrected chi connectivity index (χ0v) is 15.8. The minimum Gasteiger partial charge on any atom is -0.350 e. The van der Waals surface area contributed by atoms with Gasteiger partial charge in [0.1, 0.15) is 12.4 Å². The van der Waals surface area contributed by atoms with Crippen molar-refractivity contribution in [2.75, 3.05) is 18.1 Å². The van der Waals surface area contributed by atoms with Crippen molar-refractivity contribution in [3.05, 3.63) is 34.3 Å². The Bertz CT molecular complexity index is 866. The van der Waals surface area contributed by atoms with E-state index in [1.165, 1.54) is 0 Å². The van der Waals surface area contributed by atoms with Gasteiger partial charge in [0.25, 0.3) is 0 Å². The van der Waals surface area contributed by atoms with Crippen molar-refractivity contribution in [1.82, 2.24) is 4.98 Å². The van der Waals surface area contributed by atoms with Crippen LogP contribution in [-0.2, 0) is 14.6 Å². The number of nitrogens with zero attached hydrogens (tertiary/aromatic N) is 2. The fourth-order valence-corrected chi connectivity index (χ4v) is 3.36. The molecule has 2 unspecified atom stereocenters. The summed E-state index contributed by atoms with van der Waals surface area (Å²) in [6, 6.07) is 7.42. The predicted octanol–water partition coefficient (Wildman–Crippen LogP) is 4.25. The number of fused-ring (bicyclic) bond motifs is 1. The van der Waals surface area contributed by atoms with Crippen molar-refractivity contribution >= 4 is 45.9 Å². The SMILES string of the molecule is C#CC1CC(COOC(=O)CC)N(c2ccc3ccc(Cl)c(Cl)c3n2)C1. The Labute approximate surface area is 162 Å². The molecule has 0 aliphatic carbocycles. The highest BCUT2D eigenvalue weighted by molar-refractivity contribution is 6.45. The van der Waals surface area contributed by atoms with Gasteiger partial charge in [-0.15, -0.1) is 12.3 Å². The molecule has 1 aromatic carbocycles. The van der Waals surface area contributed by atoms with Crippen LogP contribution in [0.15, 0.2) is 24.3 Å². The number of rotatable bonds is 5. The molecule has 0 radical (unpaired) electrons. The van der Waals surface area contributed by atoms with Gasteiger partial charge in [-0.2, -0.15) is 4.89 Å². The smallest absolute Gasteiger partial charge is 0.342 e. The van der Waals surface area contributed by atoms with Gasteiger partial charge in [-0.3, -0.25) is 4.89 Å². The van der Waals surface area contributed by atoms with Crippen LogP contribution in [0.2, 0.25) is 10.0 Å². The lowest BCUT2D eigenvalue weighted by Crippen LogP contribution is -2.34. The van der Waals surface area contributed by atoms with Crippen molar-refractivity contribution < 1.29 is 14.6 Å². The van der Waals surface area contributed by atoms with Crippen molar-refractivity contribution in [2.45, 2.75) is 25.8 Å². The molecule has 5 nitrogen and oxygen atoms in total. The number of pyridine rings is 1. The van der Waals surface area contributed by atoms with E-state index in [1.807, 2.05) is 18.2 Å². The number of benzene rings is 1. The second-order valence-electron chi connectivity index (χ2n) is 6.10. The van der Waals surface area contributed by atoms with E-state index in [1.54, 1.807) is 13.0 Å². The summed E-state index contributed by atoms with van der Waals surface area (Å²) in [4.78, 5) is 27.8. The molecule has 1 aliphatic heterocycles. The summed E-state index contributed by atoms with van der Waals surface area (Å²) in [6.45, 7) is 2.56. The summed E-state index contributed by atoms with van der Waals surface area (Å²) < 4.78 is 0. The summed E-state index contributed by atoms with van der Waals surface area (Å²) in [5.41, 5.74) is 0.637. The Morgan fingerprint density at radius 3 is 2.88 bits per heavy atom. The summed E-state index contributed by atoms with van der Waals surface area (Å²) >= 11 is 12.4. The van der Waals surface area contributed by atoms with Crippen LogP contribution >= 0.6 is 23.2 Å². The van der Waals surface area contributed by atoms with E-state index in [9.17, 15) is 4.79 Å². The maximum Gasteiger partial charge on any atom is 0.342 e. The van der Waals surface area contributed by atoms with E-state index in [-0.39, 0.29) is 25.0 Å². The number of terminal acetylenes is 1. The van der Waals surface area contributed by atoms with E-state index in [0.29, 0.717) is 22.1 Å². The molecule has 0 saturated carbocycles. The minimum atomic E-state index is -0.409. The highest BCUT2D eigenvalue weighted by atomic mass is 35.5. The average molecular weight is 393 g/mol. The third-order valence-electron chi connectivity index (χ3n) is 4.38. The molecule has 0 amide bonds. The maximum absolute atomic E-state index is 11.2. The lowest BCUT2D eigenvalue weighted by molar-refractivity contribution is -0.273. The van der Waals surface area contributed by atoms with Crippen LogP contribution in [0, 0.1) is 18.3 Å². The summed E-state index contributed by atoms with van der Waals surface area (Å²) in [5, 5.41) is 1.78. The second-order valence-corrected chi connectivity index (χ2v) is 6.89. The van der Waals surface area contributed by atoms with Gasteiger partial charge in [0.2, 0.25) is 0 Å². The summed E-state index contributed by atoms with van der Waals surface area (Å²) in [7, 11) is 0. The zero-order valence-electron chi connectivity index (χ0n) is 14.2. The number of hydrogen-bond acceptors (Lipinski definition) is 5. The normalized spacial score (nSPS) is 19.5. The van der Waals surface area contributed by atoms with Crippen molar-refractivity contribution in [3.8, 4) is 12.3 Å². The molecule has 26 heavy (non-hydrogen) atoms. The van der Waals surface area contributed by atoms with E-state index >= 15 is 0 Å².